The van der Waals surface area contributed by atoms with E-state index in [-0.39, 0.29) is 11.1 Å². The number of ketones is 1. The van der Waals surface area contributed by atoms with Gasteiger partial charge in [0.25, 0.3) is 0 Å². The number of rotatable bonds is 4. The first-order valence-corrected chi connectivity index (χ1v) is 9.07. The summed E-state index contributed by atoms with van der Waals surface area (Å²) in [5.74, 6) is -0.883. The molecule has 0 spiro atoms. The van der Waals surface area contributed by atoms with E-state index in [2.05, 4.69) is 26.2 Å². The number of fused-ring (bicyclic) bond motifs is 1. The minimum absolute atomic E-state index is 0.00838. The number of nitrogens with zero attached hydrogens (tertiary/aromatic N) is 2. The highest BCUT2D eigenvalue weighted by Gasteiger charge is 2.26. The van der Waals surface area contributed by atoms with Gasteiger partial charge in [-0.15, -0.1) is 0 Å². The molecule has 0 radical (unpaired) electrons. The van der Waals surface area contributed by atoms with Gasteiger partial charge in [0.15, 0.2) is 0 Å². The van der Waals surface area contributed by atoms with Crippen LogP contribution in [0, 0.1) is 0 Å². The number of carbonyl (C=O) groups excluding carboxylic acids is 2. The molecule has 2 aromatic heterocycles. The second-order valence-electron chi connectivity index (χ2n) is 5.65. The van der Waals surface area contributed by atoms with Crippen LogP contribution in [0.3, 0.4) is 0 Å². The van der Waals surface area contributed by atoms with Crippen molar-refractivity contribution in [3.05, 3.63) is 57.3 Å². The minimum Gasteiger partial charge on any atom is -0.494 e. The summed E-state index contributed by atoms with van der Waals surface area (Å²) in [7, 11) is 0. The van der Waals surface area contributed by atoms with E-state index in [0.717, 1.165) is 11.0 Å². The summed E-state index contributed by atoms with van der Waals surface area (Å²) in [4.78, 5) is 29.4. The first-order valence-electron chi connectivity index (χ1n) is 7.90. The summed E-state index contributed by atoms with van der Waals surface area (Å²) in [6.45, 7) is 2.37. The summed E-state index contributed by atoms with van der Waals surface area (Å²) in [5.41, 5.74) is 0.684. The number of hydrogen-bond donors (Lipinski definition) is 2. The molecule has 2 N–H and O–H groups in total. The maximum Gasteiger partial charge on any atom is 0.328 e. The van der Waals surface area contributed by atoms with Crippen molar-refractivity contribution in [3.8, 4) is 5.88 Å². The lowest BCUT2D eigenvalue weighted by Gasteiger charge is -2.07. The number of hydrogen-bond acceptors (Lipinski definition) is 4. The Morgan fingerprint density at radius 2 is 2.08 bits per heavy atom. The van der Waals surface area contributed by atoms with Gasteiger partial charge in [0, 0.05) is 39.4 Å². The van der Waals surface area contributed by atoms with Gasteiger partial charge in [-0.05, 0) is 46.6 Å². The van der Waals surface area contributed by atoms with Crippen molar-refractivity contribution in [2.24, 2.45) is 0 Å². The molecule has 1 amide bonds. The molecule has 6 nitrogen and oxygen atoms in total. The third-order valence-corrected chi connectivity index (χ3v) is 4.50. The van der Waals surface area contributed by atoms with E-state index in [1.54, 1.807) is 30.5 Å². The average molecular weight is 437 g/mol. The molecule has 0 unspecified atom stereocenters. The quantitative estimate of drug-likeness (QED) is 0.595. The van der Waals surface area contributed by atoms with Crippen LogP contribution in [0.1, 0.15) is 29.3 Å². The maximum absolute atomic E-state index is 13.0. The van der Waals surface area contributed by atoms with Crippen LogP contribution in [0.4, 0.5) is 4.79 Å². The molecule has 0 aliphatic rings. The number of aromatic nitrogens is 2. The minimum atomic E-state index is -0.511. The molecular formula is C18H15BrClN3O3. The van der Waals surface area contributed by atoms with Crippen molar-refractivity contribution >= 4 is 50.2 Å². The van der Waals surface area contributed by atoms with Crippen LogP contribution in [0.2, 0.25) is 5.02 Å². The van der Waals surface area contributed by atoms with Crippen LogP contribution in [0.15, 0.2) is 41.1 Å². The zero-order valence-corrected chi connectivity index (χ0v) is 16.1. The Morgan fingerprint density at radius 3 is 2.77 bits per heavy atom. The molecule has 0 bridgehead atoms. The Morgan fingerprint density at radius 1 is 1.31 bits per heavy atom. The standard InChI is InChI=1S/C18H15BrClN3O3/c1-2-5-22-18(26)23-14-4-3-12(20)7-13(14)15(17(23)25)16(24)10-6-11(19)9-21-8-10/h3-4,6-9,25H,2,5H2,1H3,(H,22,26). The van der Waals surface area contributed by atoms with Crippen LogP contribution in [-0.4, -0.2) is 33.0 Å². The van der Waals surface area contributed by atoms with Crippen molar-refractivity contribution in [3.63, 3.8) is 0 Å². The highest BCUT2D eigenvalue weighted by molar-refractivity contribution is 9.10. The molecule has 0 saturated carbocycles. The van der Waals surface area contributed by atoms with Crippen molar-refractivity contribution in [2.75, 3.05) is 6.54 Å². The smallest absolute Gasteiger partial charge is 0.328 e. The van der Waals surface area contributed by atoms with E-state index >= 15 is 0 Å². The maximum atomic E-state index is 13.0. The topological polar surface area (TPSA) is 84.2 Å². The fourth-order valence-electron chi connectivity index (χ4n) is 2.67. The third kappa shape index (κ3) is 3.32. The lowest BCUT2D eigenvalue weighted by atomic mass is 10.0. The second kappa shape index (κ2) is 7.47. The van der Waals surface area contributed by atoms with Gasteiger partial charge in [-0.3, -0.25) is 9.78 Å². The zero-order chi connectivity index (χ0) is 18.8. The Bertz CT molecular complexity index is 1020. The molecule has 0 fully saturated rings. The first-order chi connectivity index (χ1) is 12.4. The van der Waals surface area contributed by atoms with E-state index in [1.165, 1.54) is 6.20 Å². The highest BCUT2D eigenvalue weighted by Crippen LogP contribution is 2.34. The Hall–Kier alpha value is -2.38. The second-order valence-corrected chi connectivity index (χ2v) is 7.00. The molecule has 134 valence electrons. The van der Waals surface area contributed by atoms with E-state index in [0.29, 0.717) is 26.9 Å². The number of halogens is 2. The van der Waals surface area contributed by atoms with Crippen LogP contribution < -0.4 is 5.32 Å². The van der Waals surface area contributed by atoms with Crippen LogP contribution >= 0.6 is 27.5 Å². The van der Waals surface area contributed by atoms with E-state index in [4.69, 9.17) is 11.6 Å². The molecule has 3 rings (SSSR count). The van der Waals surface area contributed by atoms with Gasteiger partial charge < -0.3 is 10.4 Å². The van der Waals surface area contributed by atoms with Gasteiger partial charge in [0.05, 0.1) is 11.1 Å². The Labute approximate surface area is 162 Å². The molecule has 26 heavy (non-hydrogen) atoms. The highest BCUT2D eigenvalue weighted by atomic mass is 79.9. The molecule has 8 heteroatoms. The summed E-state index contributed by atoms with van der Waals surface area (Å²) in [6, 6.07) is 5.84. The van der Waals surface area contributed by atoms with E-state index in [9.17, 15) is 14.7 Å². The van der Waals surface area contributed by atoms with Gasteiger partial charge >= 0.3 is 6.03 Å². The number of nitrogens with one attached hydrogen (secondary N) is 1. The van der Waals surface area contributed by atoms with Gasteiger partial charge in [-0.1, -0.05) is 18.5 Å². The molecule has 0 aliphatic heterocycles. The summed E-state index contributed by atoms with van der Waals surface area (Å²) >= 11 is 9.34. The number of carbonyl (C=O) groups is 2. The average Bonchev–Trinajstić information content (AvgIpc) is 2.90. The van der Waals surface area contributed by atoms with Crippen LogP contribution in [0.25, 0.3) is 10.9 Å². The van der Waals surface area contributed by atoms with Crippen molar-refractivity contribution < 1.29 is 14.7 Å². The van der Waals surface area contributed by atoms with Crippen LogP contribution in [-0.2, 0) is 0 Å². The number of pyridine rings is 1. The summed E-state index contributed by atoms with van der Waals surface area (Å²) < 4.78 is 1.71. The zero-order valence-electron chi connectivity index (χ0n) is 13.8. The molecule has 0 atom stereocenters. The van der Waals surface area contributed by atoms with Crippen molar-refractivity contribution in [1.29, 1.82) is 0 Å². The SMILES string of the molecule is CCCNC(=O)n1c(O)c(C(=O)c2cncc(Br)c2)c2cc(Cl)ccc21. The Balaban J connectivity index is 2.22. The predicted octanol–water partition coefficient (Wildman–Crippen LogP) is 4.36. The lowest BCUT2D eigenvalue weighted by molar-refractivity contribution is 0.103. The van der Waals surface area contributed by atoms with Crippen molar-refractivity contribution in [1.82, 2.24) is 14.9 Å². The number of benzene rings is 1. The molecular weight excluding hydrogens is 422 g/mol. The normalized spacial score (nSPS) is 10.9. The van der Waals surface area contributed by atoms with E-state index in [1.807, 2.05) is 6.92 Å². The van der Waals surface area contributed by atoms with Gasteiger partial charge in [-0.2, -0.15) is 0 Å². The van der Waals surface area contributed by atoms with E-state index < -0.39 is 17.7 Å². The molecule has 0 saturated heterocycles. The van der Waals surface area contributed by atoms with Crippen molar-refractivity contribution in [2.45, 2.75) is 13.3 Å². The molecule has 3 aromatic rings. The first kappa shape index (κ1) is 18.4. The fraction of sp³-hybridized carbons (Fsp3) is 0.167. The summed E-state index contributed by atoms with van der Waals surface area (Å²) in [5, 5.41) is 14.2. The number of aromatic hydroxyl groups is 1. The van der Waals surface area contributed by atoms with Gasteiger partial charge in [-0.25, -0.2) is 9.36 Å². The third-order valence-electron chi connectivity index (χ3n) is 3.83. The molecule has 2 heterocycles. The molecule has 1 aromatic carbocycles. The Kier molecular flexibility index (Phi) is 5.29. The summed E-state index contributed by atoms with van der Waals surface area (Å²) in [6.07, 6.45) is 3.69. The largest absolute Gasteiger partial charge is 0.494 e. The fourth-order valence-corrected chi connectivity index (χ4v) is 3.21. The van der Waals surface area contributed by atoms with Gasteiger partial charge in [0.2, 0.25) is 11.7 Å². The molecule has 0 aliphatic carbocycles. The lowest BCUT2D eigenvalue weighted by Crippen LogP contribution is -2.28. The van der Waals surface area contributed by atoms with Crippen LogP contribution in [0.5, 0.6) is 5.88 Å². The monoisotopic (exact) mass is 435 g/mol. The number of amides is 1. The predicted molar refractivity (Wildman–Crippen MR) is 103 cm³/mol. The van der Waals surface area contributed by atoms with Gasteiger partial charge in [0.1, 0.15) is 0 Å².